The summed E-state index contributed by atoms with van der Waals surface area (Å²) in [7, 11) is 0. The van der Waals surface area contributed by atoms with E-state index in [9.17, 15) is 23.2 Å². The van der Waals surface area contributed by atoms with Gasteiger partial charge < -0.3 is 10.1 Å². The number of hydrogen-bond acceptors (Lipinski definition) is 3. The van der Waals surface area contributed by atoms with Crippen LogP contribution in [0.1, 0.15) is 11.1 Å². The van der Waals surface area contributed by atoms with Crippen LogP contribution in [0, 0.1) is 23.7 Å². The van der Waals surface area contributed by atoms with E-state index >= 15 is 0 Å². The first-order chi connectivity index (χ1) is 14.8. The minimum Gasteiger partial charge on any atom is -0.480 e. The number of anilines is 1. The normalized spacial score (nSPS) is 11.5. The van der Waals surface area contributed by atoms with E-state index in [4.69, 9.17) is 11.2 Å². The van der Waals surface area contributed by atoms with Crippen LogP contribution < -0.4 is 10.1 Å². The molecular formula is C24H15F3N2O2. The van der Waals surface area contributed by atoms with Gasteiger partial charge in [0.25, 0.3) is 5.91 Å². The van der Waals surface area contributed by atoms with Gasteiger partial charge in [-0.25, -0.2) is 0 Å². The van der Waals surface area contributed by atoms with Crippen molar-refractivity contribution >= 4 is 28.4 Å². The van der Waals surface area contributed by atoms with Crippen LogP contribution in [0.5, 0.6) is 5.75 Å². The zero-order valence-electron chi connectivity index (χ0n) is 16.0. The molecule has 0 aliphatic carbocycles. The van der Waals surface area contributed by atoms with E-state index in [0.717, 1.165) is 22.9 Å². The molecule has 0 spiro atoms. The molecule has 154 valence electrons. The lowest BCUT2D eigenvalue weighted by atomic mass is 10.0. The first kappa shape index (κ1) is 21.5. The lowest BCUT2D eigenvalue weighted by Gasteiger charge is -2.12. The van der Waals surface area contributed by atoms with E-state index in [2.05, 4.69) is 11.2 Å². The van der Waals surface area contributed by atoms with Gasteiger partial charge in [0.05, 0.1) is 5.56 Å². The molecule has 0 aromatic heterocycles. The molecule has 0 fully saturated rings. The standard InChI is InChI=1S/C24H15F3N2O2/c1-2-12-31-22-11-10-16-6-3-4-9-20(16)21(22)13-17(15-28)23(30)29-19-8-5-7-18(14-19)24(25,26)27/h1,3-11,13-14H,12H2,(H,29,30)/b17-13+. The highest BCUT2D eigenvalue weighted by molar-refractivity contribution is 6.11. The van der Waals surface area contributed by atoms with Crippen molar-refractivity contribution in [2.45, 2.75) is 6.18 Å². The largest absolute Gasteiger partial charge is 0.480 e. The number of nitrogens with one attached hydrogen (secondary N) is 1. The first-order valence-corrected chi connectivity index (χ1v) is 9.02. The van der Waals surface area contributed by atoms with E-state index in [1.807, 2.05) is 18.2 Å². The number of terminal acetylenes is 1. The van der Waals surface area contributed by atoms with Gasteiger partial charge in [-0.3, -0.25) is 4.79 Å². The molecule has 0 unspecified atom stereocenters. The van der Waals surface area contributed by atoms with Crippen molar-refractivity contribution in [3.63, 3.8) is 0 Å². The van der Waals surface area contributed by atoms with Gasteiger partial charge in [-0.05, 0) is 41.1 Å². The Kier molecular flexibility index (Phi) is 6.28. The molecule has 0 aliphatic heterocycles. The highest BCUT2D eigenvalue weighted by atomic mass is 19.4. The summed E-state index contributed by atoms with van der Waals surface area (Å²) >= 11 is 0. The average molecular weight is 420 g/mol. The Hall–Kier alpha value is -4.23. The number of halogens is 3. The lowest BCUT2D eigenvalue weighted by Crippen LogP contribution is -2.14. The van der Waals surface area contributed by atoms with E-state index in [0.29, 0.717) is 11.3 Å². The predicted octanol–water partition coefficient (Wildman–Crippen LogP) is 5.42. The molecule has 0 atom stereocenters. The molecule has 4 nitrogen and oxygen atoms in total. The van der Waals surface area contributed by atoms with Crippen molar-refractivity contribution in [2.75, 3.05) is 11.9 Å². The Bertz CT molecular complexity index is 1250. The van der Waals surface area contributed by atoms with E-state index < -0.39 is 17.6 Å². The maximum atomic E-state index is 12.9. The maximum Gasteiger partial charge on any atom is 0.416 e. The van der Waals surface area contributed by atoms with Gasteiger partial charge in [0.15, 0.2) is 0 Å². The molecule has 31 heavy (non-hydrogen) atoms. The zero-order chi connectivity index (χ0) is 22.4. The number of rotatable bonds is 5. The highest BCUT2D eigenvalue weighted by Gasteiger charge is 2.30. The summed E-state index contributed by atoms with van der Waals surface area (Å²) in [5.74, 6) is 1.87. The quantitative estimate of drug-likeness (QED) is 0.341. The number of nitrogens with zero attached hydrogens (tertiary/aromatic N) is 1. The monoisotopic (exact) mass is 420 g/mol. The summed E-state index contributed by atoms with van der Waals surface area (Å²) in [6, 6.07) is 16.7. The minimum absolute atomic E-state index is 0.0164. The first-order valence-electron chi connectivity index (χ1n) is 9.02. The van der Waals surface area contributed by atoms with Crippen LogP contribution in [0.15, 0.2) is 66.2 Å². The summed E-state index contributed by atoms with van der Waals surface area (Å²) < 4.78 is 44.3. The number of hydrogen-bond donors (Lipinski definition) is 1. The van der Waals surface area contributed by atoms with E-state index in [1.54, 1.807) is 24.3 Å². The fourth-order valence-corrected chi connectivity index (χ4v) is 2.93. The molecule has 7 heteroatoms. The number of ether oxygens (including phenoxy) is 1. The van der Waals surface area contributed by atoms with Crippen molar-refractivity contribution in [1.82, 2.24) is 0 Å². The third-order valence-corrected chi connectivity index (χ3v) is 4.34. The van der Waals surface area contributed by atoms with Crippen molar-refractivity contribution in [3.05, 3.63) is 77.4 Å². The van der Waals surface area contributed by atoms with E-state index in [1.165, 1.54) is 18.2 Å². The minimum atomic E-state index is -4.55. The Morgan fingerprint density at radius 2 is 1.90 bits per heavy atom. The molecule has 0 heterocycles. The van der Waals surface area contributed by atoms with Gasteiger partial charge in [0.2, 0.25) is 0 Å². The predicted molar refractivity (Wildman–Crippen MR) is 112 cm³/mol. The molecule has 3 rings (SSSR count). The van der Waals surface area contributed by atoms with Gasteiger partial charge in [-0.15, -0.1) is 6.42 Å². The molecule has 3 aromatic carbocycles. The van der Waals surface area contributed by atoms with Crippen LogP contribution in [0.25, 0.3) is 16.8 Å². The second-order valence-electron chi connectivity index (χ2n) is 6.39. The zero-order valence-corrected chi connectivity index (χ0v) is 16.0. The molecule has 0 saturated carbocycles. The van der Waals surface area contributed by atoms with Crippen LogP contribution in [0.2, 0.25) is 0 Å². The van der Waals surface area contributed by atoms with Crippen molar-refractivity contribution in [1.29, 1.82) is 5.26 Å². The van der Waals surface area contributed by atoms with Crippen molar-refractivity contribution < 1.29 is 22.7 Å². The molecule has 3 aromatic rings. The van der Waals surface area contributed by atoms with Gasteiger partial charge >= 0.3 is 6.18 Å². The topological polar surface area (TPSA) is 62.1 Å². The maximum absolute atomic E-state index is 12.9. The summed E-state index contributed by atoms with van der Waals surface area (Å²) in [6.45, 7) is -0.0164. The van der Waals surface area contributed by atoms with Crippen LogP contribution in [0.3, 0.4) is 0 Å². The Morgan fingerprint density at radius 1 is 1.13 bits per heavy atom. The average Bonchev–Trinajstić information content (AvgIpc) is 2.75. The third kappa shape index (κ3) is 5.04. The SMILES string of the molecule is C#CCOc1ccc2ccccc2c1/C=C(\C#N)C(=O)Nc1cccc(C(F)(F)F)c1. The Balaban J connectivity index is 2.00. The number of benzene rings is 3. The van der Waals surface area contributed by atoms with Crippen molar-refractivity contribution in [2.24, 2.45) is 0 Å². The Labute approximate surface area is 176 Å². The number of fused-ring (bicyclic) bond motifs is 1. The third-order valence-electron chi connectivity index (χ3n) is 4.34. The fourth-order valence-electron chi connectivity index (χ4n) is 2.93. The van der Waals surface area contributed by atoms with Gasteiger partial charge in [-0.2, -0.15) is 18.4 Å². The molecule has 1 amide bonds. The van der Waals surface area contributed by atoms with Crippen LogP contribution in [-0.2, 0) is 11.0 Å². The van der Waals surface area contributed by atoms with Crippen molar-refractivity contribution in [3.8, 4) is 24.2 Å². The molecule has 0 radical (unpaired) electrons. The highest BCUT2D eigenvalue weighted by Crippen LogP contribution is 2.32. The summed E-state index contributed by atoms with van der Waals surface area (Å²) in [5, 5.41) is 13.4. The second kappa shape index (κ2) is 9.06. The molecule has 0 bridgehead atoms. The molecule has 0 saturated heterocycles. The molecule has 0 aliphatic rings. The van der Waals surface area contributed by atoms with E-state index in [-0.39, 0.29) is 17.9 Å². The van der Waals surface area contributed by atoms with Crippen LogP contribution in [0.4, 0.5) is 18.9 Å². The van der Waals surface area contributed by atoms with Gasteiger partial charge in [0.1, 0.15) is 24.0 Å². The lowest BCUT2D eigenvalue weighted by molar-refractivity contribution is -0.137. The number of alkyl halides is 3. The molecular weight excluding hydrogens is 405 g/mol. The molecule has 1 N–H and O–H groups in total. The summed E-state index contributed by atoms with van der Waals surface area (Å²) in [4.78, 5) is 12.6. The van der Waals surface area contributed by atoms with Crippen LogP contribution in [-0.4, -0.2) is 12.5 Å². The number of amides is 1. The number of carbonyl (C=O) groups is 1. The fraction of sp³-hybridized carbons (Fsp3) is 0.0833. The summed E-state index contributed by atoms with van der Waals surface area (Å²) in [5.41, 5.74) is -0.835. The van der Waals surface area contributed by atoms with Gasteiger partial charge in [0, 0.05) is 11.3 Å². The second-order valence-corrected chi connectivity index (χ2v) is 6.39. The Morgan fingerprint density at radius 3 is 2.61 bits per heavy atom. The smallest absolute Gasteiger partial charge is 0.416 e. The number of nitriles is 1. The summed E-state index contributed by atoms with van der Waals surface area (Å²) in [6.07, 6.45) is 2.03. The van der Waals surface area contributed by atoms with Crippen LogP contribution >= 0.6 is 0 Å². The van der Waals surface area contributed by atoms with Gasteiger partial charge in [-0.1, -0.05) is 42.3 Å². The number of carbonyl (C=O) groups excluding carboxylic acids is 1.